The quantitative estimate of drug-likeness (QED) is 0.389. The Bertz CT molecular complexity index is 853. The molecule has 5 N–H and O–H groups in total. The lowest BCUT2D eigenvalue weighted by molar-refractivity contribution is 0.0481. The van der Waals surface area contributed by atoms with Crippen LogP contribution in [-0.4, -0.2) is 35.1 Å². The second kappa shape index (κ2) is 17.4. The Morgan fingerprint density at radius 1 is 0.971 bits per heavy atom. The van der Waals surface area contributed by atoms with Gasteiger partial charge in [-0.3, -0.25) is 0 Å². The van der Waals surface area contributed by atoms with Gasteiger partial charge < -0.3 is 26.0 Å². The first-order chi connectivity index (χ1) is 14.3. The van der Waals surface area contributed by atoms with E-state index in [4.69, 9.17) is 38.8 Å². The molecule has 0 aliphatic rings. The molecule has 0 radical (unpaired) electrons. The third-order valence-electron chi connectivity index (χ3n) is 3.67. The fourth-order valence-electron chi connectivity index (χ4n) is 2.36. The van der Waals surface area contributed by atoms with E-state index in [0.717, 1.165) is 6.07 Å². The molecule has 0 saturated heterocycles. The molecular formula is C21H31Cl3F2N2O4S2. The zero-order valence-corrected chi connectivity index (χ0v) is 23.1. The van der Waals surface area contributed by atoms with Crippen LogP contribution in [-0.2, 0) is 4.74 Å². The predicted octanol–water partition coefficient (Wildman–Crippen LogP) is 5.16. The number of carbonyl (C=O) groups is 1. The summed E-state index contributed by atoms with van der Waals surface area (Å²) < 4.78 is 31.0. The molecule has 196 valence electrons. The van der Waals surface area contributed by atoms with Gasteiger partial charge in [0.25, 0.3) is 0 Å². The SMILES string of the molecule is CC(C)(C)OC(=O)N[C@H](CO)c1cc(F)cc(Cl)c1.Cl.N[C@H](CO)c1cc(F)cc(Cl)c1.S.S. The second-order valence-corrected chi connectivity index (χ2v) is 8.45. The Kier molecular flexibility index (Phi) is 19.3. The zero-order chi connectivity index (χ0) is 23.8. The highest BCUT2D eigenvalue weighted by atomic mass is 35.5. The normalized spacial score (nSPS) is 11.8. The van der Waals surface area contributed by atoms with E-state index >= 15 is 0 Å². The van der Waals surface area contributed by atoms with Gasteiger partial charge in [-0.15, -0.1) is 12.4 Å². The number of hydrogen-bond donors (Lipinski definition) is 4. The molecule has 2 aromatic rings. The van der Waals surface area contributed by atoms with Crippen LogP contribution in [0, 0.1) is 11.6 Å². The molecule has 0 saturated carbocycles. The molecule has 0 bridgehead atoms. The molecule has 1 amide bonds. The number of nitrogens with one attached hydrogen (secondary N) is 1. The van der Waals surface area contributed by atoms with Gasteiger partial charge in [0.1, 0.15) is 17.2 Å². The average Bonchev–Trinajstić information content (AvgIpc) is 2.63. The van der Waals surface area contributed by atoms with Gasteiger partial charge in [0.2, 0.25) is 0 Å². The number of amides is 1. The van der Waals surface area contributed by atoms with E-state index < -0.39 is 35.4 Å². The minimum Gasteiger partial charge on any atom is -0.444 e. The van der Waals surface area contributed by atoms with Crippen molar-refractivity contribution in [3.8, 4) is 0 Å². The van der Waals surface area contributed by atoms with E-state index in [2.05, 4.69) is 5.32 Å². The summed E-state index contributed by atoms with van der Waals surface area (Å²) in [5.74, 6) is -0.978. The second-order valence-electron chi connectivity index (χ2n) is 7.58. The van der Waals surface area contributed by atoms with Crippen molar-refractivity contribution in [1.29, 1.82) is 0 Å². The highest BCUT2D eigenvalue weighted by molar-refractivity contribution is 7.59. The van der Waals surface area contributed by atoms with Gasteiger partial charge >= 0.3 is 6.09 Å². The Labute approximate surface area is 228 Å². The first-order valence-electron chi connectivity index (χ1n) is 9.23. The summed E-state index contributed by atoms with van der Waals surface area (Å²) in [6.45, 7) is 4.55. The van der Waals surface area contributed by atoms with Crippen LogP contribution in [0.1, 0.15) is 44.0 Å². The summed E-state index contributed by atoms with van der Waals surface area (Å²) in [7, 11) is 0. The Morgan fingerprint density at radius 3 is 1.79 bits per heavy atom. The third-order valence-corrected chi connectivity index (χ3v) is 4.11. The number of hydrogen-bond acceptors (Lipinski definition) is 5. The predicted molar refractivity (Wildman–Crippen MR) is 144 cm³/mol. The van der Waals surface area contributed by atoms with E-state index in [1.54, 1.807) is 20.8 Å². The molecule has 0 aliphatic carbocycles. The van der Waals surface area contributed by atoms with Crippen LogP contribution in [0.2, 0.25) is 10.0 Å². The van der Waals surface area contributed by atoms with Crippen molar-refractivity contribution in [2.24, 2.45) is 5.73 Å². The van der Waals surface area contributed by atoms with Crippen LogP contribution in [0.5, 0.6) is 0 Å². The van der Waals surface area contributed by atoms with Gasteiger partial charge in [-0.2, -0.15) is 27.0 Å². The maximum Gasteiger partial charge on any atom is 0.408 e. The van der Waals surface area contributed by atoms with E-state index in [1.165, 1.54) is 30.3 Å². The number of alkyl carbamates (subject to hydrolysis) is 1. The molecule has 2 rings (SSSR count). The lowest BCUT2D eigenvalue weighted by Gasteiger charge is -2.23. The van der Waals surface area contributed by atoms with Gasteiger partial charge in [-0.25, -0.2) is 13.6 Å². The van der Waals surface area contributed by atoms with Crippen LogP contribution >= 0.6 is 62.6 Å². The summed E-state index contributed by atoms with van der Waals surface area (Å²) in [5, 5.41) is 20.9. The molecule has 0 aliphatic heterocycles. The Morgan fingerprint density at radius 2 is 1.41 bits per heavy atom. The number of nitrogens with two attached hydrogens (primary N) is 1. The minimum atomic E-state index is -0.775. The molecule has 0 aromatic heterocycles. The van der Waals surface area contributed by atoms with Crippen molar-refractivity contribution in [3.05, 3.63) is 69.2 Å². The Hall–Kier alpha value is -0.980. The zero-order valence-electron chi connectivity index (χ0n) is 18.7. The first-order valence-corrected chi connectivity index (χ1v) is 9.99. The number of aliphatic hydroxyl groups excluding tert-OH is 2. The third kappa shape index (κ3) is 14.4. The molecule has 0 unspecified atom stereocenters. The van der Waals surface area contributed by atoms with Crippen molar-refractivity contribution >= 4 is 68.7 Å². The number of carbonyl (C=O) groups excluding carboxylic acids is 1. The van der Waals surface area contributed by atoms with E-state index in [0.29, 0.717) is 11.1 Å². The van der Waals surface area contributed by atoms with Gasteiger partial charge in [0.15, 0.2) is 0 Å². The van der Waals surface area contributed by atoms with Crippen LogP contribution < -0.4 is 11.1 Å². The number of aliphatic hydroxyl groups is 2. The fraction of sp³-hybridized carbons (Fsp3) is 0.381. The molecule has 34 heavy (non-hydrogen) atoms. The lowest BCUT2D eigenvalue weighted by Crippen LogP contribution is -2.36. The topological polar surface area (TPSA) is 105 Å². The van der Waals surface area contributed by atoms with Crippen LogP contribution in [0.15, 0.2) is 36.4 Å². The van der Waals surface area contributed by atoms with Crippen LogP contribution in [0.3, 0.4) is 0 Å². The minimum absolute atomic E-state index is 0. The van der Waals surface area contributed by atoms with Gasteiger partial charge in [-0.1, -0.05) is 23.2 Å². The standard InChI is InChI=1S/C13H17ClFNO3.C8H9ClFNO.ClH.2H2S/c1-13(2,3)19-12(18)16-11(7-17)8-4-9(14)6-10(15)5-8;9-6-1-5(8(11)4-12)2-7(10)3-6;;;/h4-6,11,17H,7H2,1-3H3,(H,16,18);1-3,8,12H,4,11H2;1H;2*1H2/t11-;8-;;;/m11.../s1. The van der Waals surface area contributed by atoms with Crippen molar-refractivity contribution in [2.75, 3.05) is 13.2 Å². The molecule has 0 spiro atoms. The summed E-state index contributed by atoms with van der Waals surface area (Å²) in [6, 6.07) is 6.45. The molecule has 2 atom stereocenters. The van der Waals surface area contributed by atoms with E-state index in [-0.39, 0.29) is 62.7 Å². The molecule has 2 aromatic carbocycles. The summed E-state index contributed by atoms with van der Waals surface area (Å²) in [6.07, 6.45) is -0.688. The maximum atomic E-state index is 13.2. The monoisotopic (exact) mass is 582 g/mol. The number of ether oxygens (including phenoxy) is 1. The van der Waals surface area contributed by atoms with Crippen molar-refractivity contribution in [3.63, 3.8) is 0 Å². The van der Waals surface area contributed by atoms with Gasteiger partial charge in [0, 0.05) is 10.0 Å². The highest BCUT2D eigenvalue weighted by Crippen LogP contribution is 2.21. The van der Waals surface area contributed by atoms with Gasteiger partial charge in [-0.05, 0) is 68.3 Å². The highest BCUT2D eigenvalue weighted by Gasteiger charge is 2.20. The average molecular weight is 584 g/mol. The van der Waals surface area contributed by atoms with Crippen molar-refractivity contribution in [2.45, 2.75) is 38.5 Å². The molecule has 6 nitrogen and oxygen atoms in total. The summed E-state index contributed by atoms with van der Waals surface area (Å²) >= 11 is 11.3. The summed E-state index contributed by atoms with van der Waals surface area (Å²) in [4.78, 5) is 11.6. The number of halogens is 5. The lowest BCUT2D eigenvalue weighted by atomic mass is 10.1. The number of benzene rings is 2. The summed E-state index contributed by atoms with van der Waals surface area (Å²) in [5.41, 5.74) is 5.68. The molecule has 0 fully saturated rings. The molecule has 13 heteroatoms. The van der Waals surface area contributed by atoms with Crippen molar-refractivity contribution < 1.29 is 28.5 Å². The molecule has 0 heterocycles. The number of rotatable bonds is 5. The Balaban J connectivity index is -0.000000562. The van der Waals surface area contributed by atoms with E-state index in [1.807, 2.05) is 0 Å². The first kappa shape index (κ1) is 37.6. The smallest absolute Gasteiger partial charge is 0.408 e. The van der Waals surface area contributed by atoms with Crippen LogP contribution in [0.4, 0.5) is 13.6 Å². The molecular weight excluding hydrogens is 553 g/mol. The largest absolute Gasteiger partial charge is 0.444 e. The van der Waals surface area contributed by atoms with Gasteiger partial charge in [0.05, 0.1) is 25.3 Å². The van der Waals surface area contributed by atoms with E-state index in [9.17, 15) is 18.7 Å². The fourth-order valence-corrected chi connectivity index (χ4v) is 2.82. The van der Waals surface area contributed by atoms with Crippen molar-refractivity contribution in [1.82, 2.24) is 5.32 Å². The van der Waals surface area contributed by atoms with Crippen LogP contribution in [0.25, 0.3) is 0 Å². The maximum absolute atomic E-state index is 13.2.